The van der Waals surface area contributed by atoms with Gasteiger partial charge in [0.05, 0.1) is 13.2 Å². The number of hydrogen-bond acceptors (Lipinski definition) is 2. The molecule has 0 bridgehead atoms. The van der Waals surface area contributed by atoms with Crippen molar-refractivity contribution in [1.29, 1.82) is 0 Å². The fraction of sp³-hybridized carbons (Fsp3) is 0.350. The number of halogens is 1. The summed E-state index contributed by atoms with van der Waals surface area (Å²) in [6.07, 6.45) is 0. The van der Waals surface area contributed by atoms with Gasteiger partial charge in [0.15, 0.2) is 5.96 Å². The van der Waals surface area contributed by atoms with Crippen molar-refractivity contribution in [3.05, 3.63) is 71.3 Å². The molecule has 1 atom stereocenters. The molecule has 136 valence electrons. The zero-order chi connectivity index (χ0) is 17.2. The second-order valence-electron chi connectivity index (χ2n) is 5.86. The predicted molar refractivity (Wildman–Crippen MR) is 116 cm³/mol. The molecule has 0 saturated heterocycles. The summed E-state index contributed by atoms with van der Waals surface area (Å²) in [5.41, 5.74) is 3.56. The van der Waals surface area contributed by atoms with E-state index in [9.17, 15) is 5.11 Å². The summed E-state index contributed by atoms with van der Waals surface area (Å²) in [5, 5.41) is 16.2. The number of benzene rings is 2. The molecule has 2 aromatic carbocycles. The van der Waals surface area contributed by atoms with E-state index >= 15 is 0 Å². The van der Waals surface area contributed by atoms with Crippen LogP contribution in [0, 0.1) is 6.92 Å². The summed E-state index contributed by atoms with van der Waals surface area (Å²) in [7, 11) is 0. The minimum Gasteiger partial charge on any atom is -0.396 e. The smallest absolute Gasteiger partial charge is 0.191 e. The Bertz CT molecular complexity index is 646. The first-order valence-corrected chi connectivity index (χ1v) is 8.46. The summed E-state index contributed by atoms with van der Waals surface area (Å²) in [4.78, 5) is 4.64. The molecular weight excluding hydrogens is 425 g/mol. The van der Waals surface area contributed by atoms with Gasteiger partial charge in [-0.25, -0.2) is 4.99 Å². The summed E-state index contributed by atoms with van der Waals surface area (Å²) in [6, 6.07) is 18.4. The lowest BCUT2D eigenvalue weighted by Gasteiger charge is -2.18. The van der Waals surface area contributed by atoms with Crippen molar-refractivity contribution in [3.8, 4) is 0 Å². The maximum absolute atomic E-state index is 9.66. The Hall–Kier alpha value is -1.60. The largest absolute Gasteiger partial charge is 0.396 e. The predicted octanol–water partition coefficient (Wildman–Crippen LogP) is 3.44. The first-order valence-electron chi connectivity index (χ1n) is 8.46. The molecule has 0 aromatic heterocycles. The summed E-state index contributed by atoms with van der Waals surface area (Å²) >= 11 is 0. The average Bonchev–Trinajstić information content (AvgIpc) is 2.61. The van der Waals surface area contributed by atoms with Crippen molar-refractivity contribution in [1.82, 2.24) is 10.6 Å². The number of aryl methyl sites for hydroxylation is 1. The molecule has 1 unspecified atom stereocenters. The molecule has 25 heavy (non-hydrogen) atoms. The Morgan fingerprint density at radius 1 is 1.08 bits per heavy atom. The van der Waals surface area contributed by atoms with Gasteiger partial charge in [-0.05, 0) is 25.0 Å². The van der Waals surface area contributed by atoms with Gasteiger partial charge in [0.2, 0.25) is 0 Å². The maximum atomic E-state index is 9.66. The number of rotatable bonds is 7. The third kappa shape index (κ3) is 7.44. The van der Waals surface area contributed by atoms with Gasteiger partial charge in [0, 0.05) is 19.0 Å². The second kappa shape index (κ2) is 11.9. The highest BCUT2D eigenvalue weighted by molar-refractivity contribution is 14.0. The quantitative estimate of drug-likeness (QED) is 0.342. The SMILES string of the molecule is CCNC(=NCc1cccc(C)c1)NCC(CO)c1ccccc1.I. The zero-order valence-electron chi connectivity index (χ0n) is 14.9. The Labute approximate surface area is 167 Å². The number of guanidine groups is 1. The molecule has 0 aliphatic heterocycles. The number of aliphatic hydroxyl groups is 1. The van der Waals surface area contributed by atoms with Crippen LogP contribution in [0.2, 0.25) is 0 Å². The topological polar surface area (TPSA) is 56.7 Å². The standard InChI is InChI=1S/C20H27N3O.HI/c1-3-21-20(22-13-17-9-7-8-16(2)12-17)23-14-19(15-24)18-10-5-4-6-11-18;/h4-12,19,24H,3,13-15H2,1-2H3,(H2,21,22,23);1H. The third-order valence-corrected chi connectivity index (χ3v) is 3.85. The Morgan fingerprint density at radius 2 is 1.84 bits per heavy atom. The van der Waals surface area contributed by atoms with Gasteiger partial charge in [-0.15, -0.1) is 24.0 Å². The molecule has 4 nitrogen and oxygen atoms in total. The van der Waals surface area contributed by atoms with Crippen molar-refractivity contribution in [2.75, 3.05) is 19.7 Å². The van der Waals surface area contributed by atoms with Crippen LogP contribution in [0.4, 0.5) is 0 Å². The lowest BCUT2D eigenvalue weighted by atomic mass is 10.0. The minimum atomic E-state index is 0. The van der Waals surface area contributed by atoms with Gasteiger partial charge in [-0.3, -0.25) is 0 Å². The number of nitrogens with zero attached hydrogens (tertiary/aromatic N) is 1. The van der Waals surface area contributed by atoms with Crippen molar-refractivity contribution in [2.24, 2.45) is 4.99 Å². The molecule has 2 rings (SSSR count). The highest BCUT2D eigenvalue weighted by atomic mass is 127. The van der Waals surface area contributed by atoms with Crippen LogP contribution < -0.4 is 10.6 Å². The second-order valence-corrected chi connectivity index (χ2v) is 5.86. The molecule has 0 aliphatic carbocycles. The van der Waals surface area contributed by atoms with Gasteiger partial charge in [0.1, 0.15) is 0 Å². The highest BCUT2D eigenvalue weighted by Crippen LogP contribution is 2.13. The van der Waals surface area contributed by atoms with Crippen LogP contribution in [0.25, 0.3) is 0 Å². The van der Waals surface area contributed by atoms with Crippen LogP contribution >= 0.6 is 24.0 Å². The Balaban J connectivity index is 0.00000312. The fourth-order valence-corrected chi connectivity index (χ4v) is 2.56. The van der Waals surface area contributed by atoms with E-state index in [0.29, 0.717) is 13.1 Å². The average molecular weight is 453 g/mol. The fourth-order valence-electron chi connectivity index (χ4n) is 2.56. The first kappa shape index (κ1) is 21.4. The van der Waals surface area contributed by atoms with E-state index in [1.807, 2.05) is 37.3 Å². The Morgan fingerprint density at radius 3 is 2.48 bits per heavy atom. The van der Waals surface area contributed by atoms with E-state index < -0.39 is 0 Å². The van der Waals surface area contributed by atoms with Gasteiger partial charge < -0.3 is 15.7 Å². The molecule has 5 heteroatoms. The molecule has 0 fully saturated rings. The normalized spacial score (nSPS) is 12.2. The Kier molecular flexibility index (Phi) is 10.2. The van der Waals surface area contributed by atoms with E-state index in [4.69, 9.17) is 0 Å². The molecule has 0 amide bonds. The molecule has 0 radical (unpaired) electrons. The van der Waals surface area contributed by atoms with E-state index in [1.165, 1.54) is 11.1 Å². The monoisotopic (exact) mass is 453 g/mol. The van der Waals surface area contributed by atoms with Crippen LogP contribution in [-0.2, 0) is 6.54 Å². The summed E-state index contributed by atoms with van der Waals surface area (Å²) in [6.45, 7) is 6.31. The van der Waals surface area contributed by atoms with Gasteiger partial charge >= 0.3 is 0 Å². The van der Waals surface area contributed by atoms with E-state index in [2.05, 4.69) is 46.8 Å². The number of nitrogens with one attached hydrogen (secondary N) is 2. The highest BCUT2D eigenvalue weighted by Gasteiger charge is 2.10. The van der Waals surface area contributed by atoms with Crippen molar-refractivity contribution < 1.29 is 5.11 Å². The van der Waals surface area contributed by atoms with Gasteiger partial charge in [-0.1, -0.05) is 60.2 Å². The van der Waals surface area contributed by atoms with Gasteiger partial charge in [0.25, 0.3) is 0 Å². The van der Waals surface area contributed by atoms with Crippen molar-refractivity contribution >= 4 is 29.9 Å². The number of hydrogen-bond donors (Lipinski definition) is 3. The minimum absolute atomic E-state index is 0. The summed E-state index contributed by atoms with van der Waals surface area (Å²) < 4.78 is 0. The van der Waals surface area contributed by atoms with Crippen LogP contribution in [-0.4, -0.2) is 30.8 Å². The number of aliphatic imine (C=N–C) groups is 1. The zero-order valence-corrected chi connectivity index (χ0v) is 17.2. The van der Waals surface area contributed by atoms with E-state index in [1.54, 1.807) is 0 Å². The van der Waals surface area contributed by atoms with E-state index in [-0.39, 0.29) is 36.5 Å². The molecule has 3 N–H and O–H groups in total. The van der Waals surface area contributed by atoms with Crippen molar-refractivity contribution in [2.45, 2.75) is 26.3 Å². The van der Waals surface area contributed by atoms with E-state index in [0.717, 1.165) is 18.1 Å². The van der Waals surface area contributed by atoms with Crippen LogP contribution in [0.5, 0.6) is 0 Å². The van der Waals surface area contributed by atoms with Crippen molar-refractivity contribution in [3.63, 3.8) is 0 Å². The third-order valence-electron chi connectivity index (χ3n) is 3.85. The van der Waals surface area contributed by atoms with Gasteiger partial charge in [-0.2, -0.15) is 0 Å². The lowest BCUT2D eigenvalue weighted by molar-refractivity contribution is 0.265. The maximum Gasteiger partial charge on any atom is 0.191 e. The molecular formula is C20H28IN3O. The number of aliphatic hydroxyl groups excluding tert-OH is 1. The molecule has 0 aliphatic rings. The molecule has 0 heterocycles. The molecule has 0 saturated carbocycles. The summed E-state index contributed by atoms with van der Waals surface area (Å²) in [5.74, 6) is 0.822. The first-order chi connectivity index (χ1) is 11.7. The van der Waals surface area contributed by atoms with Crippen LogP contribution in [0.15, 0.2) is 59.6 Å². The molecule has 0 spiro atoms. The van der Waals surface area contributed by atoms with Crippen LogP contribution in [0.3, 0.4) is 0 Å². The molecule has 2 aromatic rings. The van der Waals surface area contributed by atoms with Crippen LogP contribution in [0.1, 0.15) is 29.5 Å². The lowest BCUT2D eigenvalue weighted by Crippen LogP contribution is -2.39.